The van der Waals surface area contributed by atoms with E-state index >= 15 is 0 Å². The molecule has 1 atom stereocenters. The Morgan fingerprint density at radius 1 is 1.23 bits per heavy atom. The van der Waals surface area contributed by atoms with Crippen LogP contribution in [0.4, 0.5) is 5.69 Å². The maximum atomic E-state index is 12.0. The Bertz CT molecular complexity index is 571. The molecule has 0 spiro atoms. The number of carbonyl (C=O) groups excluding carboxylic acids is 2. The first-order valence-corrected chi connectivity index (χ1v) is 7.14. The van der Waals surface area contributed by atoms with Gasteiger partial charge in [0.25, 0.3) is 0 Å². The summed E-state index contributed by atoms with van der Waals surface area (Å²) >= 11 is 0. The van der Waals surface area contributed by atoms with Gasteiger partial charge in [0.15, 0.2) is 0 Å². The lowest BCUT2D eigenvalue weighted by Gasteiger charge is -2.32. The average Bonchev–Trinajstić information content (AvgIpc) is 2.48. The van der Waals surface area contributed by atoms with Gasteiger partial charge in [0.1, 0.15) is 6.04 Å². The quantitative estimate of drug-likeness (QED) is 0.740. The molecule has 4 N–H and O–H groups in total. The molecule has 118 valence electrons. The average molecular weight is 305 g/mol. The Labute approximate surface area is 128 Å². The van der Waals surface area contributed by atoms with E-state index in [2.05, 4.69) is 5.32 Å². The van der Waals surface area contributed by atoms with Crippen molar-refractivity contribution in [3.8, 4) is 0 Å². The molecule has 1 saturated heterocycles. The number of hydrogen-bond donors (Lipinski definition) is 3. The van der Waals surface area contributed by atoms with Crippen molar-refractivity contribution in [3.05, 3.63) is 29.8 Å². The molecule has 1 heterocycles. The third kappa shape index (κ3) is 4.05. The number of benzene rings is 1. The van der Waals surface area contributed by atoms with Crippen molar-refractivity contribution in [1.82, 2.24) is 4.90 Å². The van der Waals surface area contributed by atoms with Crippen LogP contribution in [0.2, 0.25) is 0 Å². The highest BCUT2D eigenvalue weighted by Crippen LogP contribution is 2.17. The molecule has 1 aliphatic heterocycles. The monoisotopic (exact) mass is 305 g/mol. The number of nitrogens with two attached hydrogens (primary N) is 1. The fraction of sp³-hybridized carbons (Fsp3) is 0.400. The van der Waals surface area contributed by atoms with Gasteiger partial charge in [-0.3, -0.25) is 19.3 Å². The van der Waals surface area contributed by atoms with Gasteiger partial charge in [0, 0.05) is 11.3 Å². The van der Waals surface area contributed by atoms with Crippen LogP contribution < -0.4 is 11.1 Å². The zero-order valence-electron chi connectivity index (χ0n) is 12.1. The SMILES string of the molecule is NC(=O)c1ccc(NC(=O)CN2CCCC[C@@H]2C(=O)O)cc1. The molecule has 2 amide bonds. The smallest absolute Gasteiger partial charge is 0.320 e. The van der Waals surface area contributed by atoms with Crippen LogP contribution in [0, 0.1) is 0 Å². The summed E-state index contributed by atoms with van der Waals surface area (Å²) in [5.41, 5.74) is 6.05. The van der Waals surface area contributed by atoms with Crippen molar-refractivity contribution in [2.45, 2.75) is 25.3 Å². The normalized spacial score (nSPS) is 18.6. The molecule has 0 aromatic heterocycles. The minimum atomic E-state index is -0.890. The first-order chi connectivity index (χ1) is 10.5. The summed E-state index contributed by atoms with van der Waals surface area (Å²) in [6.07, 6.45) is 2.32. The van der Waals surface area contributed by atoms with Crippen LogP contribution in [0.3, 0.4) is 0 Å². The number of nitrogens with one attached hydrogen (secondary N) is 1. The first-order valence-electron chi connectivity index (χ1n) is 7.14. The van der Waals surface area contributed by atoms with Crippen molar-refractivity contribution >= 4 is 23.5 Å². The zero-order valence-corrected chi connectivity index (χ0v) is 12.1. The lowest BCUT2D eigenvalue weighted by atomic mass is 10.0. The summed E-state index contributed by atoms with van der Waals surface area (Å²) in [6.45, 7) is 0.638. The van der Waals surface area contributed by atoms with Crippen molar-refractivity contribution in [3.63, 3.8) is 0 Å². The maximum Gasteiger partial charge on any atom is 0.320 e. The number of carbonyl (C=O) groups is 3. The standard InChI is InChI=1S/C15H19N3O4/c16-14(20)10-4-6-11(7-5-10)17-13(19)9-18-8-2-1-3-12(18)15(21)22/h4-7,12H,1-3,8-9H2,(H2,16,20)(H,17,19)(H,21,22)/t12-/m1/s1. The molecule has 1 fully saturated rings. The molecule has 7 nitrogen and oxygen atoms in total. The van der Waals surface area contributed by atoms with Gasteiger partial charge in [-0.1, -0.05) is 6.42 Å². The predicted molar refractivity (Wildman–Crippen MR) is 80.4 cm³/mol. The number of hydrogen-bond acceptors (Lipinski definition) is 4. The molecule has 0 unspecified atom stereocenters. The highest BCUT2D eigenvalue weighted by Gasteiger charge is 2.29. The molecular weight excluding hydrogens is 286 g/mol. The van der Waals surface area contributed by atoms with E-state index in [-0.39, 0.29) is 12.5 Å². The van der Waals surface area contributed by atoms with E-state index in [4.69, 9.17) is 5.73 Å². The third-order valence-corrected chi connectivity index (χ3v) is 3.70. The zero-order chi connectivity index (χ0) is 16.1. The lowest BCUT2D eigenvalue weighted by molar-refractivity contribution is -0.145. The van der Waals surface area contributed by atoms with Gasteiger partial charge in [-0.25, -0.2) is 0 Å². The van der Waals surface area contributed by atoms with Gasteiger partial charge in [-0.15, -0.1) is 0 Å². The van der Waals surface area contributed by atoms with Gasteiger partial charge < -0.3 is 16.2 Å². The van der Waals surface area contributed by atoms with E-state index in [0.29, 0.717) is 24.2 Å². The minimum Gasteiger partial charge on any atom is -0.480 e. The predicted octanol–water partition coefficient (Wildman–Crippen LogP) is 0.663. The topological polar surface area (TPSA) is 113 Å². The Balaban J connectivity index is 1.94. The largest absolute Gasteiger partial charge is 0.480 e. The summed E-state index contributed by atoms with van der Waals surface area (Å²) in [5.74, 6) is -1.70. The third-order valence-electron chi connectivity index (χ3n) is 3.70. The second-order valence-corrected chi connectivity index (χ2v) is 5.31. The molecule has 0 aliphatic carbocycles. The van der Waals surface area contributed by atoms with Crippen LogP contribution >= 0.6 is 0 Å². The van der Waals surface area contributed by atoms with E-state index in [1.54, 1.807) is 17.0 Å². The Kier molecular flexibility index (Phi) is 5.11. The van der Waals surface area contributed by atoms with Crippen LogP contribution in [-0.2, 0) is 9.59 Å². The number of anilines is 1. The number of piperidine rings is 1. The molecule has 22 heavy (non-hydrogen) atoms. The second kappa shape index (κ2) is 7.04. The van der Waals surface area contributed by atoms with E-state index in [1.807, 2.05) is 0 Å². The maximum absolute atomic E-state index is 12.0. The number of primary amides is 1. The summed E-state index contributed by atoms with van der Waals surface area (Å²) in [7, 11) is 0. The molecule has 7 heteroatoms. The van der Waals surface area contributed by atoms with Gasteiger partial charge >= 0.3 is 5.97 Å². The molecule has 1 aliphatic rings. The van der Waals surface area contributed by atoms with Crippen molar-refractivity contribution in [1.29, 1.82) is 0 Å². The van der Waals surface area contributed by atoms with Crippen LogP contribution in [0.25, 0.3) is 0 Å². The number of rotatable bonds is 5. The van der Waals surface area contributed by atoms with Crippen molar-refractivity contribution < 1.29 is 19.5 Å². The van der Waals surface area contributed by atoms with Gasteiger partial charge in [-0.05, 0) is 43.7 Å². The summed E-state index contributed by atoms with van der Waals surface area (Å²) in [5, 5.41) is 11.9. The lowest BCUT2D eigenvalue weighted by Crippen LogP contribution is -2.47. The van der Waals surface area contributed by atoms with Crippen molar-refractivity contribution in [2.75, 3.05) is 18.4 Å². The number of carboxylic acids is 1. The Morgan fingerprint density at radius 3 is 2.50 bits per heavy atom. The van der Waals surface area contributed by atoms with Gasteiger partial charge in [-0.2, -0.15) is 0 Å². The molecule has 0 bridgehead atoms. The van der Waals surface area contributed by atoms with Crippen LogP contribution in [0.5, 0.6) is 0 Å². The number of aliphatic carboxylic acids is 1. The number of amides is 2. The Hall–Kier alpha value is -2.41. The molecule has 0 saturated carbocycles. The molecule has 1 aromatic rings. The van der Waals surface area contributed by atoms with Crippen LogP contribution in [-0.4, -0.2) is 46.9 Å². The summed E-state index contributed by atoms with van der Waals surface area (Å²) < 4.78 is 0. The van der Waals surface area contributed by atoms with E-state index in [0.717, 1.165) is 12.8 Å². The second-order valence-electron chi connectivity index (χ2n) is 5.31. The van der Waals surface area contributed by atoms with E-state index < -0.39 is 17.9 Å². The first kappa shape index (κ1) is 16.0. The Morgan fingerprint density at radius 2 is 1.91 bits per heavy atom. The molecular formula is C15H19N3O4. The van der Waals surface area contributed by atoms with Gasteiger partial charge in [0.05, 0.1) is 6.54 Å². The highest BCUT2D eigenvalue weighted by molar-refractivity contribution is 5.95. The number of likely N-dealkylation sites (tertiary alicyclic amines) is 1. The molecule has 1 aromatic carbocycles. The fourth-order valence-corrected chi connectivity index (χ4v) is 2.56. The minimum absolute atomic E-state index is 0.0362. The molecule has 0 radical (unpaired) electrons. The number of carboxylic acid groups (broad SMARTS) is 1. The van der Waals surface area contributed by atoms with E-state index in [9.17, 15) is 19.5 Å². The van der Waals surface area contributed by atoms with Crippen LogP contribution in [0.15, 0.2) is 24.3 Å². The fourth-order valence-electron chi connectivity index (χ4n) is 2.56. The summed E-state index contributed by atoms with van der Waals surface area (Å²) in [6, 6.07) is 5.63. The summed E-state index contributed by atoms with van der Waals surface area (Å²) in [4.78, 5) is 35.9. The highest BCUT2D eigenvalue weighted by atomic mass is 16.4. The van der Waals surface area contributed by atoms with Gasteiger partial charge in [0.2, 0.25) is 11.8 Å². The van der Waals surface area contributed by atoms with Crippen LogP contribution in [0.1, 0.15) is 29.6 Å². The number of nitrogens with zero attached hydrogens (tertiary/aromatic N) is 1. The van der Waals surface area contributed by atoms with E-state index in [1.165, 1.54) is 12.1 Å². The van der Waals surface area contributed by atoms with Crippen molar-refractivity contribution in [2.24, 2.45) is 5.73 Å². The molecule has 2 rings (SSSR count).